The molecule has 1 aliphatic heterocycles. The van der Waals surface area contributed by atoms with Crippen LogP contribution in [0.2, 0.25) is 0 Å². The molecule has 0 saturated carbocycles. The normalized spacial score (nSPS) is 15.5. The van der Waals surface area contributed by atoms with Gasteiger partial charge in [0.25, 0.3) is 5.91 Å². The molecule has 1 amide bonds. The van der Waals surface area contributed by atoms with E-state index in [0.29, 0.717) is 40.1 Å². The molecule has 3 N–H and O–H groups in total. The first kappa shape index (κ1) is 20.2. The molecule has 0 radical (unpaired) electrons. The predicted molar refractivity (Wildman–Crippen MR) is 113 cm³/mol. The van der Waals surface area contributed by atoms with Gasteiger partial charge in [0.2, 0.25) is 0 Å². The van der Waals surface area contributed by atoms with E-state index in [2.05, 4.69) is 26.1 Å². The molecule has 3 aromatic rings. The predicted octanol–water partition coefficient (Wildman–Crippen LogP) is 3.45. The fraction of sp³-hybridized carbons (Fsp3) is 0.238. The number of carbonyl (C=O) groups is 1. The van der Waals surface area contributed by atoms with E-state index in [1.165, 1.54) is 7.11 Å². The third-order valence-electron chi connectivity index (χ3n) is 5.15. The molecule has 0 bridgehead atoms. The fourth-order valence-electron chi connectivity index (χ4n) is 3.75. The largest absolute Gasteiger partial charge is 0.507 e. The van der Waals surface area contributed by atoms with Gasteiger partial charge in [-0.15, -0.1) is 0 Å². The number of aromatic nitrogens is 2. The van der Waals surface area contributed by atoms with Crippen LogP contribution in [0.1, 0.15) is 27.7 Å². The SMILES string of the molecule is COCCN1C(=O)c2[nH]nc(-c3ccccc3O)c2[C@@H]1c1cc(Br)c(O)c(OC)c1. The van der Waals surface area contributed by atoms with Crippen LogP contribution in [-0.4, -0.2) is 58.6 Å². The third-order valence-corrected chi connectivity index (χ3v) is 5.75. The van der Waals surface area contributed by atoms with Crippen LogP contribution in [0.4, 0.5) is 0 Å². The summed E-state index contributed by atoms with van der Waals surface area (Å²) in [5, 5.41) is 27.8. The lowest BCUT2D eigenvalue weighted by molar-refractivity contribution is 0.0677. The summed E-state index contributed by atoms with van der Waals surface area (Å²) in [5.74, 6) is 0.101. The molecule has 1 aliphatic rings. The number of nitrogens with zero attached hydrogens (tertiary/aromatic N) is 2. The smallest absolute Gasteiger partial charge is 0.273 e. The number of H-pyrrole nitrogens is 1. The Morgan fingerprint density at radius 2 is 2.00 bits per heavy atom. The van der Waals surface area contributed by atoms with E-state index in [-0.39, 0.29) is 23.2 Å². The number of halogens is 1. The number of phenols is 2. The molecule has 2 aromatic carbocycles. The zero-order chi connectivity index (χ0) is 21.4. The summed E-state index contributed by atoms with van der Waals surface area (Å²) in [6.07, 6.45) is 0. The summed E-state index contributed by atoms with van der Waals surface area (Å²) < 4.78 is 10.9. The van der Waals surface area contributed by atoms with Gasteiger partial charge in [-0.25, -0.2) is 0 Å². The van der Waals surface area contributed by atoms with E-state index in [1.54, 1.807) is 48.4 Å². The topological polar surface area (TPSA) is 108 Å². The lowest BCUT2D eigenvalue weighted by Gasteiger charge is -2.26. The lowest BCUT2D eigenvalue weighted by atomic mass is 9.95. The molecule has 0 saturated heterocycles. The van der Waals surface area contributed by atoms with Gasteiger partial charge in [0, 0.05) is 24.8 Å². The second-order valence-corrected chi connectivity index (χ2v) is 7.68. The van der Waals surface area contributed by atoms with Crippen LogP contribution in [0, 0.1) is 0 Å². The highest BCUT2D eigenvalue weighted by atomic mass is 79.9. The second kappa shape index (κ2) is 8.00. The van der Waals surface area contributed by atoms with Crippen molar-refractivity contribution in [1.29, 1.82) is 0 Å². The number of para-hydroxylation sites is 1. The minimum Gasteiger partial charge on any atom is -0.507 e. The number of methoxy groups -OCH3 is 2. The highest BCUT2D eigenvalue weighted by Gasteiger charge is 2.42. The van der Waals surface area contributed by atoms with Gasteiger partial charge in [-0.05, 0) is 45.8 Å². The highest BCUT2D eigenvalue weighted by molar-refractivity contribution is 9.10. The zero-order valence-corrected chi connectivity index (χ0v) is 17.9. The van der Waals surface area contributed by atoms with Crippen molar-refractivity contribution in [3.63, 3.8) is 0 Å². The molecule has 9 heteroatoms. The van der Waals surface area contributed by atoms with Gasteiger partial charge in [-0.3, -0.25) is 9.89 Å². The van der Waals surface area contributed by atoms with Crippen LogP contribution in [0.5, 0.6) is 17.2 Å². The number of aromatic hydroxyl groups is 2. The van der Waals surface area contributed by atoms with E-state index >= 15 is 0 Å². The molecule has 30 heavy (non-hydrogen) atoms. The average Bonchev–Trinajstić information content (AvgIpc) is 3.28. The number of fused-ring (bicyclic) bond motifs is 1. The Kier molecular flexibility index (Phi) is 5.40. The fourth-order valence-corrected chi connectivity index (χ4v) is 4.21. The summed E-state index contributed by atoms with van der Waals surface area (Å²) in [4.78, 5) is 14.8. The number of phenolic OH excluding ortho intramolecular Hbond substituents is 2. The van der Waals surface area contributed by atoms with Gasteiger partial charge in [0.05, 0.1) is 24.2 Å². The van der Waals surface area contributed by atoms with Crippen molar-refractivity contribution in [3.05, 3.63) is 57.7 Å². The van der Waals surface area contributed by atoms with Crippen molar-refractivity contribution < 1.29 is 24.5 Å². The summed E-state index contributed by atoms with van der Waals surface area (Å²) in [5.41, 5.74) is 2.74. The molecule has 0 fully saturated rings. The number of carbonyl (C=O) groups excluding carboxylic acids is 1. The number of hydrogen-bond acceptors (Lipinski definition) is 6. The Labute approximate surface area is 181 Å². The minimum absolute atomic E-state index is 0.0256. The van der Waals surface area contributed by atoms with Gasteiger partial charge in [-0.1, -0.05) is 12.1 Å². The van der Waals surface area contributed by atoms with Crippen LogP contribution >= 0.6 is 15.9 Å². The molecule has 1 aromatic heterocycles. The standard InChI is InChI=1S/C21H20BrN3O5/c1-29-8-7-25-19(11-9-13(22)20(27)15(10-11)30-2)16-17(23-24-18(16)21(25)28)12-5-3-4-6-14(12)26/h3-6,9-10,19,26-27H,7-8H2,1-2H3,(H,23,24)/t19-/m0/s1. The van der Waals surface area contributed by atoms with Gasteiger partial charge in [0.15, 0.2) is 11.5 Å². The van der Waals surface area contributed by atoms with Crippen LogP contribution < -0.4 is 4.74 Å². The number of hydrogen-bond donors (Lipinski definition) is 3. The molecular formula is C21H20BrN3O5. The summed E-state index contributed by atoms with van der Waals surface area (Å²) in [6.45, 7) is 0.700. The van der Waals surface area contributed by atoms with Crippen molar-refractivity contribution >= 4 is 21.8 Å². The molecule has 0 aliphatic carbocycles. The molecule has 0 spiro atoms. The quantitative estimate of drug-likeness (QED) is 0.505. The average molecular weight is 474 g/mol. The number of rotatable bonds is 6. The first-order valence-corrected chi connectivity index (χ1v) is 10.00. The minimum atomic E-state index is -0.512. The highest BCUT2D eigenvalue weighted by Crippen LogP contribution is 2.47. The van der Waals surface area contributed by atoms with Crippen molar-refractivity contribution in [1.82, 2.24) is 15.1 Å². The lowest BCUT2D eigenvalue weighted by Crippen LogP contribution is -2.32. The Hall–Kier alpha value is -3.04. The van der Waals surface area contributed by atoms with Crippen molar-refractivity contribution in [2.45, 2.75) is 6.04 Å². The molecule has 1 atom stereocenters. The van der Waals surface area contributed by atoms with Crippen LogP contribution in [0.15, 0.2) is 40.9 Å². The molecular weight excluding hydrogens is 454 g/mol. The zero-order valence-electron chi connectivity index (χ0n) is 16.3. The van der Waals surface area contributed by atoms with Gasteiger partial charge in [-0.2, -0.15) is 5.10 Å². The number of aromatic amines is 1. The van der Waals surface area contributed by atoms with E-state index in [9.17, 15) is 15.0 Å². The number of benzene rings is 2. The second-order valence-electron chi connectivity index (χ2n) is 6.83. The van der Waals surface area contributed by atoms with Crippen molar-refractivity contribution in [2.24, 2.45) is 0 Å². The van der Waals surface area contributed by atoms with Gasteiger partial charge >= 0.3 is 0 Å². The molecule has 8 nitrogen and oxygen atoms in total. The molecule has 156 valence electrons. The third kappa shape index (κ3) is 3.20. The number of nitrogens with one attached hydrogen (secondary N) is 1. The van der Waals surface area contributed by atoms with E-state index < -0.39 is 6.04 Å². The first-order valence-electron chi connectivity index (χ1n) is 9.20. The van der Waals surface area contributed by atoms with E-state index in [1.807, 2.05) is 0 Å². The van der Waals surface area contributed by atoms with Gasteiger partial charge in [0.1, 0.15) is 17.1 Å². The van der Waals surface area contributed by atoms with Crippen molar-refractivity contribution in [2.75, 3.05) is 27.4 Å². The van der Waals surface area contributed by atoms with Gasteiger partial charge < -0.3 is 24.6 Å². The molecule has 4 rings (SSSR count). The Morgan fingerprint density at radius 3 is 2.70 bits per heavy atom. The Morgan fingerprint density at radius 1 is 1.23 bits per heavy atom. The van der Waals surface area contributed by atoms with Crippen LogP contribution in [0.25, 0.3) is 11.3 Å². The Balaban J connectivity index is 1.93. The summed E-state index contributed by atoms with van der Waals surface area (Å²) >= 11 is 3.36. The maximum absolute atomic E-state index is 13.2. The van der Waals surface area contributed by atoms with E-state index in [4.69, 9.17) is 9.47 Å². The number of amides is 1. The summed E-state index contributed by atoms with van der Waals surface area (Å²) in [7, 11) is 3.04. The van der Waals surface area contributed by atoms with Crippen LogP contribution in [-0.2, 0) is 4.74 Å². The van der Waals surface area contributed by atoms with Crippen molar-refractivity contribution in [3.8, 4) is 28.5 Å². The Bertz CT molecular complexity index is 1110. The maximum atomic E-state index is 13.2. The molecule has 2 heterocycles. The van der Waals surface area contributed by atoms with Crippen LogP contribution in [0.3, 0.4) is 0 Å². The monoisotopic (exact) mass is 473 g/mol. The first-order chi connectivity index (χ1) is 14.5. The van der Waals surface area contributed by atoms with E-state index in [0.717, 1.165) is 5.56 Å². The molecule has 0 unspecified atom stereocenters. The summed E-state index contributed by atoms with van der Waals surface area (Å²) in [6, 6.07) is 9.76. The maximum Gasteiger partial charge on any atom is 0.273 e. The number of ether oxygens (including phenoxy) is 2.